The first kappa shape index (κ1) is 20.9. The van der Waals surface area contributed by atoms with Gasteiger partial charge < -0.3 is 5.32 Å². The van der Waals surface area contributed by atoms with Crippen LogP contribution in [0.2, 0.25) is 0 Å². The number of amides is 2. The van der Waals surface area contributed by atoms with Crippen molar-refractivity contribution < 1.29 is 14.0 Å². The minimum atomic E-state index is -0.503. The SMILES string of the molecule is Cc1ccc(SC2=C(Nc3ccccc3F)C(=O)N(c3cccc(C)c3C)C2=O)cc1. The summed E-state index contributed by atoms with van der Waals surface area (Å²) >= 11 is 1.20. The molecule has 4 rings (SSSR count). The predicted molar refractivity (Wildman–Crippen MR) is 122 cm³/mol. The minimum Gasteiger partial charge on any atom is -0.348 e. The molecule has 0 aromatic heterocycles. The van der Waals surface area contributed by atoms with E-state index in [0.29, 0.717) is 5.69 Å². The van der Waals surface area contributed by atoms with Crippen molar-refractivity contribution >= 4 is 35.0 Å². The van der Waals surface area contributed by atoms with Crippen LogP contribution < -0.4 is 10.2 Å². The lowest BCUT2D eigenvalue weighted by Crippen LogP contribution is -2.33. The zero-order valence-electron chi connectivity index (χ0n) is 17.4. The molecule has 0 fully saturated rings. The topological polar surface area (TPSA) is 49.4 Å². The number of thioether (sulfide) groups is 1. The van der Waals surface area contributed by atoms with Gasteiger partial charge in [-0.1, -0.05) is 53.7 Å². The van der Waals surface area contributed by atoms with Crippen LogP contribution in [0.4, 0.5) is 15.8 Å². The second-order valence-corrected chi connectivity index (χ2v) is 8.47. The molecule has 0 spiro atoms. The van der Waals surface area contributed by atoms with E-state index < -0.39 is 17.6 Å². The second-order valence-electron chi connectivity index (χ2n) is 7.39. The smallest absolute Gasteiger partial charge is 0.283 e. The number of carbonyl (C=O) groups is 2. The highest BCUT2D eigenvalue weighted by Gasteiger charge is 2.41. The molecular formula is C25H21FN2O2S. The summed E-state index contributed by atoms with van der Waals surface area (Å²) in [5.74, 6) is -1.43. The van der Waals surface area contributed by atoms with Gasteiger partial charge in [-0.25, -0.2) is 9.29 Å². The van der Waals surface area contributed by atoms with Gasteiger partial charge in [0.05, 0.1) is 11.4 Å². The van der Waals surface area contributed by atoms with Crippen LogP contribution in [0.25, 0.3) is 0 Å². The Balaban J connectivity index is 1.79. The summed E-state index contributed by atoms with van der Waals surface area (Å²) in [5.41, 5.74) is 3.65. The number of rotatable bonds is 5. The van der Waals surface area contributed by atoms with Crippen LogP contribution in [0.3, 0.4) is 0 Å². The van der Waals surface area contributed by atoms with E-state index in [1.165, 1.54) is 28.8 Å². The molecule has 1 N–H and O–H groups in total. The van der Waals surface area contributed by atoms with Gasteiger partial charge in [-0.3, -0.25) is 9.59 Å². The van der Waals surface area contributed by atoms with Crippen molar-refractivity contribution in [2.45, 2.75) is 25.7 Å². The quantitative estimate of drug-likeness (QED) is 0.523. The van der Waals surface area contributed by atoms with Gasteiger partial charge in [-0.15, -0.1) is 0 Å². The van der Waals surface area contributed by atoms with E-state index in [-0.39, 0.29) is 16.3 Å². The normalized spacial score (nSPS) is 13.9. The standard InChI is InChI=1S/C25H21FN2O2S/c1-15-11-13-18(14-12-15)31-23-22(27-20-9-5-4-8-19(20)26)24(29)28(25(23)30)21-10-6-7-16(2)17(21)3/h4-14,27H,1-3H3. The number of imide groups is 1. The maximum Gasteiger partial charge on any atom is 0.283 e. The largest absolute Gasteiger partial charge is 0.348 e. The highest BCUT2D eigenvalue weighted by Crippen LogP contribution is 2.39. The number of hydrogen-bond acceptors (Lipinski definition) is 4. The van der Waals surface area contributed by atoms with Gasteiger partial charge in [0.15, 0.2) is 0 Å². The Morgan fingerprint density at radius 1 is 0.839 bits per heavy atom. The van der Waals surface area contributed by atoms with Crippen LogP contribution in [0.1, 0.15) is 16.7 Å². The molecule has 3 aromatic rings. The van der Waals surface area contributed by atoms with E-state index in [9.17, 15) is 14.0 Å². The summed E-state index contributed by atoms with van der Waals surface area (Å²) in [6.07, 6.45) is 0. The first-order chi connectivity index (χ1) is 14.9. The highest BCUT2D eigenvalue weighted by atomic mass is 32.2. The molecule has 156 valence electrons. The molecule has 6 heteroatoms. The molecule has 0 bridgehead atoms. The fraction of sp³-hybridized carbons (Fsp3) is 0.120. The monoisotopic (exact) mass is 432 g/mol. The summed E-state index contributed by atoms with van der Waals surface area (Å²) in [6.45, 7) is 5.78. The molecule has 0 aliphatic carbocycles. The van der Waals surface area contributed by atoms with Crippen molar-refractivity contribution in [2.24, 2.45) is 0 Å². The molecule has 0 unspecified atom stereocenters. The number of benzene rings is 3. The zero-order chi connectivity index (χ0) is 22.1. The summed E-state index contributed by atoms with van der Waals surface area (Å²) < 4.78 is 14.3. The second kappa shape index (κ2) is 8.40. The number of nitrogens with zero attached hydrogens (tertiary/aromatic N) is 1. The first-order valence-electron chi connectivity index (χ1n) is 9.82. The Kier molecular flexibility index (Phi) is 5.65. The summed E-state index contributed by atoms with van der Waals surface area (Å²) in [7, 11) is 0. The number of para-hydroxylation sites is 1. The van der Waals surface area contributed by atoms with Gasteiger partial charge in [-0.05, 0) is 62.2 Å². The van der Waals surface area contributed by atoms with Crippen LogP contribution in [0, 0.1) is 26.6 Å². The van der Waals surface area contributed by atoms with E-state index in [0.717, 1.165) is 21.6 Å². The summed E-state index contributed by atoms with van der Waals surface area (Å²) in [4.78, 5) is 29.0. The van der Waals surface area contributed by atoms with Gasteiger partial charge in [-0.2, -0.15) is 0 Å². The molecule has 0 radical (unpaired) electrons. The van der Waals surface area contributed by atoms with Crippen LogP contribution in [0.5, 0.6) is 0 Å². The molecule has 4 nitrogen and oxygen atoms in total. The van der Waals surface area contributed by atoms with Crippen molar-refractivity contribution in [3.8, 4) is 0 Å². The first-order valence-corrected chi connectivity index (χ1v) is 10.6. The van der Waals surface area contributed by atoms with Crippen LogP contribution in [-0.4, -0.2) is 11.8 Å². The number of halogens is 1. The molecule has 0 atom stereocenters. The summed E-state index contributed by atoms with van der Waals surface area (Å²) in [5, 5.41) is 2.88. The lowest BCUT2D eigenvalue weighted by atomic mass is 10.1. The number of anilines is 2. The number of aryl methyl sites for hydroxylation is 2. The third-order valence-electron chi connectivity index (χ3n) is 5.23. The average molecular weight is 433 g/mol. The molecule has 1 aliphatic heterocycles. The number of carbonyl (C=O) groups excluding carboxylic acids is 2. The fourth-order valence-corrected chi connectivity index (χ4v) is 4.26. The van der Waals surface area contributed by atoms with E-state index in [1.54, 1.807) is 18.2 Å². The predicted octanol–water partition coefficient (Wildman–Crippen LogP) is 5.74. The van der Waals surface area contributed by atoms with Crippen molar-refractivity contribution in [3.63, 3.8) is 0 Å². The maximum atomic E-state index is 14.3. The lowest BCUT2D eigenvalue weighted by molar-refractivity contribution is -0.120. The van der Waals surface area contributed by atoms with Crippen LogP contribution >= 0.6 is 11.8 Å². The maximum absolute atomic E-state index is 14.3. The van der Waals surface area contributed by atoms with E-state index >= 15 is 0 Å². The van der Waals surface area contributed by atoms with E-state index in [1.807, 2.05) is 57.2 Å². The van der Waals surface area contributed by atoms with E-state index in [2.05, 4.69) is 5.32 Å². The van der Waals surface area contributed by atoms with E-state index in [4.69, 9.17) is 0 Å². The summed E-state index contributed by atoms with van der Waals surface area (Å²) in [6, 6.07) is 19.2. The third kappa shape index (κ3) is 3.99. The third-order valence-corrected chi connectivity index (χ3v) is 6.32. The van der Waals surface area contributed by atoms with Gasteiger partial charge >= 0.3 is 0 Å². The van der Waals surface area contributed by atoms with Crippen molar-refractivity contribution in [2.75, 3.05) is 10.2 Å². The highest BCUT2D eigenvalue weighted by molar-refractivity contribution is 8.04. The van der Waals surface area contributed by atoms with Crippen LogP contribution in [0.15, 0.2) is 82.2 Å². The van der Waals surface area contributed by atoms with Crippen molar-refractivity contribution in [3.05, 3.63) is 99.8 Å². The molecular weight excluding hydrogens is 411 g/mol. The Hall–Kier alpha value is -3.38. The zero-order valence-corrected chi connectivity index (χ0v) is 18.2. The van der Waals surface area contributed by atoms with Gasteiger partial charge in [0.2, 0.25) is 0 Å². The molecule has 0 saturated heterocycles. The molecule has 2 amide bonds. The van der Waals surface area contributed by atoms with Gasteiger partial charge in [0.1, 0.15) is 16.4 Å². The molecule has 31 heavy (non-hydrogen) atoms. The molecule has 0 saturated carbocycles. The number of hydrogen-bond donors (Lipinski definition) is 1. The molecule has 3 aromatic carbocycles. The number of nitrogens with one attached hydrogen (secondary N) is 1. The van der Waals surface area contributed by atoms with Gasteiger partial charge in [0, 0.05) is 4.90 Å². The van der Waals surface area contributed by atoms with Crippen molar-refractivity contribution in [1.82, 2.24) is 0 Å². The Bertz CT molecular complexity index is 1220. The molecule has 1 aliphatic rings. The average Bonchev–Trinajstić information content (AvgIpc) is 2.97. The van der Waals surface area contributed by atoms with Crippen LogP contribution in [-0.2, 0) is 9.59 Å². The molecule has 1 heterocycles. The Labute approximate surface area is 184 Å². The minimum absolute atomic E-state index is 0.0709. The lowest BCUT2D eigenvalue weighted by Gasteiger charge is -2.19. The van der Waals surface area contributed by atoms with Crippen molar-refractivity contribution in [1.29, 1.82) is 0 Å². The van der Waals surface area contributed by atoms with Gasteiger partial charge in [0.25, 0.3) is 11.8 Å². The fourth-order valence-electron chi connectivity index (χ4n) is 3.33. The Morgan fingerprint density at radius 3 is 2.26 bits per heavy atom. The Morgan fingerprint density at radius 2 is 1.55 bits per heavy atom.